The fraction of sp³-hybridized carbons (Fsp3) is 0.417. The van der Waals surface area contributed by atoms with E-state index in [4.69, 9.17) is 10.5 Å². The first-order valence-corrected chi connectivity index (χ1v) is 5.46. The van der Waals surface area contributed by atoms with Crippen LogP contribution in [-0.4, -0.2) is 19.6 Å². The lowest BCUT2D eigenvalue weighted by Gasteiger charge is -2.15. The van der Waals surface area contributed by atoms with Crippen molar-refractivity contribution in [3.63, 3.8) is 0 Å². The molecule has 92 valence electrons. The molecule has 0 aliphatic heterocycles. The highest BCUT2D eigenvalue weighted by Crippen LogP contribution is 2.45. The van der Waals surface area contributed by atoms with E-state index in [1.54, 1.807) is 0 Å². The van der Waals surface area contributed by atoms with Gasteiger partial charge in [0, 0.05) is 12.6 Å². The summed E-state index contributed by atoms with van der Waals surface area (Å²) < 4.78 is 18.0. The van der Waals surface area contributed by atoms with Crippen LogP contribution < -0.4 is 15.8 Å². The van der Waals surface area contributed by atoms with Gasteiger partial charge in [0.15, 0.2) is 0 Å². The van der Waals surface area contributed by atoms with Crippen molar-refractivity contribution in [2.24, 2.45) is 11.1 Å². The molecule has 0 aromatic heterocycles. The predicted molar refractivity (Wildman–Crippen MR) is 62.3 cm³/mol. The van der Waals surface area contributed by atoms with Crippen LogP contribution in [0.25, 0.3) is 0 Å². The Morgan fingerprint density at radius 3 is 2.82 bits per heavy atom. The van der Waals surface area contributed by atoms with Crippen molar-refractivity contribution in [3.8, 4) is 5.75 Å². The summed E-state index contributed by atoms with van der Waals surface area (Å²) >= 11 is 0. The average Bonchev–Trinajstić information content (AvgIpc) is 3.12. The monoisotopic (exact) mass is 238 g/mol. The molecule has 0 heterocycles. The molecular formula is C12H15FN2O2. The Kier molecular flexibility index (Phi) is 3.02. The van der Waals surface area contributed by atoms with Gasteiger partial charge in [0.2, 0.25) is 5.91 Å². The number of amides is 1. The fourth-order valence-corrected chi connectivity index (χ4v) is 1.70. The zero-order valence-electron chi connectivity index (χ0n) is 9.63. The summed E-state index contributed by atoms with van der Waals surface area (Å²) in [7, 11) is 1.43. The summed E-state index contributed by atoms with van der Waals surface area (Å²) in [5, 5.41) is 2.73. The second kappa shape index (κ2) is 4.33. The van der Waals surface area contributed by atoms with Gasteiger partial charge in [-0.25, -0.2) is 4.39 Å². The molecule has 1 aliphatic carbocycles. The van der Waals surface area contributed by atoms with E-state index in [9.17, 15) is 9.18 Å². The lowest BCUT2D eigenvalue weighted by atomic mass is 10.1. The van der Waals surface area contributed by atoms with Gasteiger partial charge in [0.05, 0.1) is 18.2 Å². The van der Waals surface area contributed by atoms with Gasteiger partial charge in [0.1, 0.15) is 11.6 Å². The number of hydrogen-bond donors (Lipinski definition) is 2. The molecule has 0 unspecified atom stereocenters. The molecule has 0 atom stereocenters. The van der Waals surface area contributed by atoms with Crippen LogP contribution in [0, 0.1) is 11.2 Å². The van der Waals surface area contributed by atoms with E-state index in [1.165, 1.54) is 25.3 Å². The Hall–Kier alpha value is -1.62. The first kappa shape index (κ1) is 11.9. The SMILES string of the molecule is COc1cc(F)ccc1NC(=O)C1(CN)CC1. The Balaban J connectivity index is 2.16. The maximum absolute atomic E-state index is 13.0. The third-order valence-corrected chi connectivity index (χ3v) is 3.14. The zero-order chi connectivity index (χ0) is 12.5. The van der Waals surface area contributed by atoms with Gasteiger partial charge in [-0.3, -0.25) is 4.79 Å². The van der Waals surface area contributed by atoms with Crippen molar-refractivity contribution in [2.45, 2.75) is 12.8 Å². The molecule has 0 bridgehead atoms. The molecule has 1 fully saturated rings. The number of hydrogen-bond acceptors (Lipinski definition) is 3. The maximum Gasteiger partial charge on any atom is 0.231 e. The van der Waals surface area contributed by atoms with Gasteiger partial charge in [-0.2, -0.15) is 0 Å². The molecule has 0 spiro atoms. The van der Waals surface area contributed by atoms with Gasteiger partial charge in [0.25, 0.3) is 0 Å². The van der Waals surface area contributed by atoms with E-state index < -0.39 is 11.2 Å². The van der Waals surface area contributed by atoms with Crippen molar-refractivity contribution in [3.05, 3.63) is 24.0 Å². The molecule has 1 amide bonds. The van der Waals surface area contributed by atoms with E-state index >= 15 is 0 Å². The number of carbonyl (C=O) groups excluding carboxylic acids is 1. The molecule has 3 N–H and O–H groups in total. The molecule has 1 aromatic carbocycles. The first-order valence-electron chi connectivity index (χ1n) is 5.46. The minimum Gasteiger partial charge on any atom is -0.494 e. The third-order valence-electron chi connectivity index (χ3n) is 3.14. The number of methoxy groups -OCH3 is 1. The molecule has 0 saturated heterocycles. The van der Waals surface area contributed by atoms with Crippen LogP contribution in [0.2, 0.25) is 0 Å². The molecule has 17 heavy (non-hydrogen) atoms. The van der Waals surface area contributed by atoms with E-state index in [0.29, 0.717) is 18.0 Å². The van der Waals surface area contributed by atoms with Crippen LogP contribution in [0.3, 0.4) is 0 Å². The summed E-state index contributed by atoms with van der Waals surface area (Å²) in [6.45, 7) is 0.336. The van der Waals surface area contributed by atoms with Crippen molar-refractivity contribution in [1.82, 2.24) is 0 Å². The van der Waals surface area contributed by atoms with Gasteiger partial charge in [-0.1, -0.05) is 0 Å². The molecule has 2 rings (SSSR count). The van der Waals surface area contributed by atoms with E-state index in [1.807, 2.05) is 0 Å². The predicted octanol–water partition coefficient (Wildman–Crippen LogP) is 1.51. The fourth-order valence-electron chi connectivity index (χ4n) is 1.70. The molecule has 1 aromatic rings. The minimum atomic E-state index is -0.431. The summed E-state index contributed by atoms with van der Waals surface area (Å²) in [6, 6.07) is 4.00. The highest BCUT2D eigenvalue weighted by molar-refractivity contribution is 5.98. The van der Waals surface area contributed by atoms with E-state index in [-0.39, 0.29) is 5.91 Å². The number of nitrogens with two attached hydrogens (primary N) is 1. The minimum absolute atomic E-state index is 0.120. The molecular weight excluding hydrogens is 223 g/mol. The summed E-state index contributed by atoms with van der Waals surface area (Å²) in [5.41, 5.74) is 5.61. The van der Waals surface area contributed by atoms with Crippen LogP contribution in [0.4, 0.5) is 10.1 Å². The molecule has 1 aliphatic rings. The number of halogens is 1. The van der Waals surface area contributed by atoms with Gasteiger partial charge < -0.3 is 15.8 Å². The number of rotatable bonds is 4. The van der Waals surface area contributed by atoms with Crippen LogP contribution in [0.5, 0.6) is 5.75 Å². The normalized spacial score (nSPS) is 16.4. The highest BCUT2D eigenvalue weighted by atomic mass is 19.1. The van der Waals surface area contributed by atoms with Crippen molar-refractivity contribution >= 4 is 11.6 Å². The smallest absolute Gasteiger partial charge is 0.231 e. The van der Waals surface area contributed by atoms with Crippen molar-refractivity contribution in [1.29, 1.82) is 0 Å². The Morgan fingerprint density at radius 1 is 1.59 bits per heavy atom. The van der Waals surface area contributed by atoms with Gasteiger partial charge >= 0.3 is 0 Å². The lowest BCUT2D eigenvalue weighted by Crippen LogP contribution is -2.30. The number of ether oxygens (including phenoxy) is 1. The topological polar surface area (TPSA) is 64.3 Å². The van der Waals surface area contributed by atoms with Crippen LogP contribution in [-0.2, 0) is 4.79 Å². The average molecular weight is 238 g/mol. The number of nitrogens with one attached hydrogen (secondary N) is 1. The van der Waals surface area contributed by atoms with E-state index in [0.717, 1.165) is 12.8 Å². The quantitative estimate of drug-likeness (QED) is 0.835. The molecule has 5 heteroatoms. The van der Waals surface area contributed by atoms with Gasteiger partial charge in [-0.05, 0) is 25.0 Å². The summed E-state index contributed by atoms with van der Waals surface area (Å²) in [4.78, 5) is 11.9. The molecule has 0 radical (unpaired) electrons. The second-order valence-electron chi connectivity index (χ2n) is 4.28. The maximum atomic E-state index is 13.0. The highest BCUT2D eigenvalue weighted by Gasteiger charge is 2.48. The van der Waals surface area contributed by atoms with Crippen molar-refractivity contribution < 1.29 is 13.9 Å². The Labute approximate surface area is 98.9 Å². The van der Waals surface area contributed by atoms with Gasteiger partial charge in [-0.15, -0.1) is 0 Å². The number of anilines is 1. The first-order chi connectivity index (χ1) is 8.11. The Bertz CT molecular complexity index is 444. The number of benzene rings is 1. The molecule has 1 saturated carbocycles. The van der Waals surface area contributed by atoms with Crippen LogP contribution in [0.15, 0.2) is 18.2 Å². The van der Waals surface area contributed by atoms with Crippen molar-refractivity contribution in [2.75, 3.05) is 19.0 Å². The van der Waals surface area contributed by atoms with E-state index in [2.05, 4.69) is 5.32 Å². The largest absolute Gasteiger partial charge is 0.494 e. The van der Waals surface area contributed by atoms with Crippen LogP contribution in [0.1, 0.15) is 12.8 Å². The third kappa shape index (κ3) is 2.24. The number of carbonyl (C=O) groups is 1. The summed E-state index contributed by atoms with van der Waals surface area (Å²) in [6.07, 6.45) is 1.61. The standard InChI is InChI=1S/C12H15FN2O2/c1-17-10-6-8(13)2-3-9(10)15-11(16)12(7-14)4-5-12/h2-3,6H,4-5,7,14H2,1H3,(H,15,16). The lowest BCUT2D eigenvalue weighted by molar-refractivity contribution is -0.120. The zero-order valence-corrected chi connectivity index (χ0v) is 9.63. The Morgan fingerprint density at radius 2 is 2.29 bits per heavy atom. The van der Waals surface area contributed by atoms with Crippen LogP contribution >= 0.6 is 0 Å². The summed E-state index contributed by atoms with van der Waals surface area (Å²) in [5.74, 6) is -0.212. The second-order valence-corrected chi connectivity index (χ2v) is 4.28. The molecule has 4 nitrogen and oxygen atoms in total.